The molecule has 1 rings (SSSR count). The molecule has 12 heavy (non-hydrogen) atoms. The van der Waals surface area contributed by atoms with Gasteiger partial charge in [0, 0.05) is 5.57 Å². The predicted molar refractivity (Wildman–Crippen MR) is 49.6 cm³/mol. The molecule has 0 fully saturated rings. The minimum absolute atomic E-state index is 0.116. The number of carbonyl (C=O) groups excluding carboxylic acids is 1. The summed E-state index contributed by atoms with van der Waals surface area (Å²) in [5, 5.41) is 8.70. The fraction of sp³-hybridized carbons (Fsp3) is 0.556. The normalized spacial score (nSPS) is 29.3. The van der Waals surface area contributed by atoms with Gasteiger partial charge in [0.25, 0.3) is 0 Å². The van der Waals surface area contributed by atoms with Crippen molar-refractivity contribution in [3.8, 4) is 6.07 Å². The van der Waals surface area contributed by atoms with E-state index in [9.17, 15) is 4.79 Å². The van der Waals surface area contributed by atoms with Gasteiger partial charge in [-0.15, -0.1) is 0 Å². The van der Waals surface area contributed by atoms with Gasteiger partial charge in [-0.3, -0.25) is 4.79 Å². The number of nitrogens with zero attached hydrogens (tertiary/aromatic N) is 1. The van der Waals surface area contributed by atoms with Gasteiger partial charge in [-0.1, -0.05) is 11.8 Å². The van der Waals surface area contributed by atoms with E-state index in [2.05, 4.69) is 6.07 Å². The van der Waals surface area contributed by atoms with Crippen LogP contribution >= 0.6 is 11.8 Å². The van der Waals surface area contributed by atoms with Crippen molar-refractivity contribution < 1.29 is 4.79 Å². The molecule has 0 amide bonds. The van der Waals surface area contributed by atoms with Crippen LogP contribution in [-0.2, 0) is 4.79 Å². The van der Waals surface area contributed by atoms with E-state index < -0.39 is 0 Å². The molecule has 0 saturated heterocycles. The summed E-state index contributed by atoms with van der Waals surface area (Å²) in [6, 6.07) is 2.11. The van der Waals surface area contributed by atoms with Gasteiger partial charge in [0.05, 0.1) is 17.2 Å². The average Bonchev–Trinajstić information content (AvgIpc) is 2.17. The van der Waals surface area contributed by atoms with Gasteiger partial charge in [-0.2, -0.15) is 5.26 Å². The van der Waals surface area contributed by atoms with Crippen LogP contribution in [0.25, 0.3) is 0 Å². The van der Waals surface area contributed by atoms with Crippen molar-refractivity contribution in [1.29, 1.82) is 5.26 Å². The number of rotatable bonds is 1. The van der Waals surface area contributed by atoms with Crippen molar-refractivity contribution in [1.82, 2.24) is 0 Å². The number of nitriles is 1. The van der Waals surface area contributed by atoms with Gasteiger partial charge < -0.3 is 0 Å². The SMILES string of the molecule is CC1=C(C)C(C)(CC#N)SC1=O. The highest BCUT2D eigenvalue weighted by molar-refractivity contribution is 8.15. The van der Waals surface area contributed by atoms with E-state index in [1.54, 1.807) is 0 Å². The first-order chi connectivity index (χ1) is 5.51. The highest BCUT2D eigenvalue weighted by Gasteiger charge is 2.38. The molecule has 0 aromatic rings. The first kappa shape index (κ1) is 9.34. The number of hydrogen-bond donors (Lipinski definition) is 0. The molecule has 2 nitrogen and oxygen atoms in total. The van der Waals surface area contributed by atoms with Crippen molar-refractivity contribution >= 4 is 16.9 Å². The summed E-state index contributed by atoms with van der Waals surface area (Å²) in [5.41, 5.74) is 1.87. The van der Waals surface area contributed by atoms with Crippen LogP contribution in [0.15, 0.2) is 11.1 Å². The Morgan fingerprint density at radius 1 is 1.58 bits per heavy atom. The van der Waals surface area contributed by atoms with Crippen LogP contribution in [0.5, 0.6) is 0 Å². The van der Waals surface area contributed by atoms with Gasteiger partial charge >= 0.3 is 0 Å². The summed E-state index contributed by atoms with van der Waals surface area (Å²) >= 11 is 1.27. The van der Waals surface area contributed by atoms with E-state index in [1.807, 2.05) is 20.8 Å². The number of hydrogen-bond acceptors (Lipinski definition) is 3. The summed E-state index contributed by atoms with van der Waals surface area (Å²) in [5.74, 6) is 0. The fourth-order valence-corrected chi connectivity index (χ4v) is 2.39. The Labute approximate surface area is 76.6 Å². The zero-order valence-corrected chi connectivity index (χ0v) is 8.29. The predicted octanol–water partition coefficient (Wildman–Crippen LogP) is 2.27. The van der Waals surface area contributed by atoms with Gasteiger partial charge in [-0.05, 0) is 26.3 Å². The van der Waals surface area contributed by atoms with Crippen LogP contribution in [0.1, 0.15) is 27.2 Å². The van der Waals surface area contributed by atoms with E-state index in [0.717, 1.165) is 11.1 Å². The van der Waals surface area contributed by atoms with E-state index in [4.69, 9.17) is 5.26 Å². The quantitative estimate of drug-likeness (QED) is 0.623. The highest BCUT2D eigenvalue weighted by atomic mass is 32.2. The molecule has 0 N–H and O–H groups in total. The lowest BCUT2D eigenvalue weighted by atomic mass is 9.95. The maximum absolute atomic E-state index is 11.3. The molecule has 1 atom stereocenters. The number of carbonyl (C=O) groups is 1. The Balaban J connectivity index is 3.01. The molecule has 0 bridgehead atoms. The summed E-state index contributed by atoms with van der Waals surface area (Å²) < 4.78 is -0.268. The average molecular weight is 181 g/mol. The Bertz CT molecular complexity index is 300. The second kappa shape index (κ2) is 2.95. The summed E-state index contributed by atoms with van der Waals surface area (Å²) in [6.07, 6.45) is 0.409. The van der Waals surface area contributed by atoms with E-state index >= 15 is 0 Å². The molecule has 0 aromatic heterocycles. The third kappa shape index (κ3) is 1.27. The maximum Gasteiger partial charge on any atom is 0.215 e. The van der Waals surface area contributed by atoms with E-state index in [0.29, 0.717) is 6.42 Å². The van der Waals surface area contributed by atoms with E-state index in [-0.39, 0.29) is 9.86 Å². The second-order valence-corrected chi connectivity index (χ2v) is 4.68. The van der Waals surface area contributed by atoms with Crippen molar-refractivity contribution in [2.45, 2.75) is 31.9 Å². The van der Waals surface area contributed by atoms with Gasteiger partial charge in [0.2, 0.25) is 5.12 Å². The van der Waals surface area contributed by atoms with Crippen LogP contribution in [0.4, 0.5) is 0 Å². The highest BCUT2D eigenvalue weighted by Crippen LogP contribution is 2.45. The Kier molecular flexibility index (Phi) is 2.29. The molecule has 1 unspecified atom stereocenters. The van der Waals surface area contributed by atoms with Crippen molar-refractivity contribution in [2.75, 3.05) is 0 Å². The molecule has 1 aliphatic rings. The Hall–Kier alpha value is -0.750. The van der Waals surface area contributed by atoms with Gasteiger partial charge in [-0.25, -0.2) is 0 Å². The monoisotopic (exact) mass is 181 g/mol. The van der Waals surface area contributed by atoms with Gasteiger partial charge in [0.15, 0.2) is 0 Å². The fourth-order valence-electron chi connectivity index (χ4n) is 1.23. The summed E-state index contributed by atoms with van der Waals surface area (Å²) in [7, 11) is 0. The van der Waals surface area contributed by atoms with Gasteiger partial charge in [0.1, 0.15) is 0 Å². The van der Waals surface area contributed by atoms with Crippen molar-refractivity contribution in [3.63, 3.8) is 0 Å². The smallest absolute Gasteiger partial charge is 0.215 e. The van der Waals surface area contributed by atoms with Crippen LogP contribution in [0.2, 0.25) is 0 Å². The molecule has 3 heteroatoms. The molecule has 0 saturated carbocycles. The lowest BCUT2D eigenvalue weighted by Crippen LogP contribution is -2.17. The summed E-state index contributed by atoms with van der Waals surface area (Å²) in [6.45, 7) is 5.71. The lowest BCUT2D eigenvalue weighted by molar-refractivity contribution is -0.107. The summed E-state index contributed by atoms with van der Waals surface area (Å²) in [4.78, 5) is 11.3. The molecular weight excluding hydrogens is 170 g/mol. The molecular formula is C9H11NOS. The second-order valence-electron chi connectivity index (χ2n) is 3.21. The molecule has 0 aromatic carbocycles. The van der Waals surface area contributed by atoms with Crippen LogP contribution in [-0.4, -0.2) is 9.86 Å². The number of thioether (sulfide) groups is 1. The minimum atomic E-state index is -0.268. The topological polar surface area (TPSA) is 40.9 Å². The zero-order chi connectivity index (χ0) is 9.35. The molecule has 0 aliphatic carbocycles. The molecule has 0 spiro atoms. The van der Waals surface area contributed by atoms with Crippen molar-refractivity contribution in [2.24, 2.45) is 0 Å². The zero-order valence-electron chi connectivity index (χ0n) is 7.47. The molecule has 0 radical (unpaired) electrons. The molecule has 1 heterocycles. The Morgan fingerprint density at radius 2 is 2.17 bits per heavy atom. The molecule has 1 aliphatic heterocycles. The minimum Gasteiger partial charge on any atom is -0.282 e. The molecule has 64 valence electrons. The lowest BCUT2D eigenvalue weighted by Gasteiger charge is -2.19. The third-order valence-corrected chi connectivity index (χ3v) is 3.79. The largest absolute Gasteiger partial charge is 0.282 e. The maximum atomic E-state index is 11.3. The van der Waals surface area contributed by atoms with Crippen LogP contribution in [0, 0.1) is 11.3 Å². The van der Waals surface area contributed by atoms with Crippen molar-refractivity contribution in [3.05, 3.63) is 11.1 Å². The van der Waals surface area contributed by atoms with Crippen LogP contribution in [0.3, 0.4) is 0 Å². The first-order valence-electron chi connectivity index (χ1n) is 3.79. The Morgan fingerprint density at radius 3 is 2.50 bits per heavy atom. The first-order valence-corrected chi connectivity index (χ1v) is 4.61. The van der Waals surface area contributed by atoms with E-state index in [1.165, 1.54) is 11.8 Å². The third-order valence-electron chi connectivity index (χ3n) is 2.40. The van der Waals surface area contributed by atoms with Crippen LogP contribution < -0.4 is 0 Å². The standard InChI is InChI=1S/C9H11NOS/c1-6-7(2)9(3,4-5-10)12-8(6)11/h4H2,1-3H3.